The Morgan fingerprint density at radius 3 is 2.25 bits per heavy atom. The van der Waals surface area contributed by atoms with E-state index in [1.165, 1.54) is 37.3 Å². The van der Waals surface area contributed by atoms with Crippen LogP contribution in [-0.2, 0) is 14.8 Å². The summed E-state index contributed by atoms with van der Waals surface area (Å²) in [5, 5.41) is 5.81. The molecular formula is C22H19Cl2N3O4S. The second-order valence-corrected chi connectivity index (χ2v) is 9.42. The Labute approximate surface area is 195 Å². The predicted molar refractivity (Wildman–Crippen MR) is 127 cm³/mol. The third-order valence-corrected chi connectivity index (χ3v) is 6.49. The van der Waals surface area contributed by atoms with E-state index in [0.29, 0.717) is 11.4 Å². The van der Waals surface area contributed by atoms with E-state index in [4.69, 9.17) is 23.2 Å². The van der Waals surface area contributed by atoms with Crippen LogP contribution in [0, 0.1) is 6.92 Å². The molecule has 3 aromatic carbocycles. The van der Waals surface area contributed by atoms with Crippen LogP contribution in [0.2, 0.25) is 10.0 Å². The maximum Gasteiger partial charge on any atom is 0.261 e. The van der Waals surface area contributed by atoms with Crippen molar-refractivity contribution in [2.24, 2.45) is 0 Å². The van der Waals surface area contributed by atoms with Gasteiger partial charge in [0.15, 0.2) is 0 Å². The largest absolute Gasteiger partial charge is 0.326 e. The highest BCUT2D eigenvalue weighted by molar-refractivity contribution is 7.92. The molecule has 3 aromatic rings. The van der Waals surface area contributed by atoms with Gasteiger partial charge in [0.2, 0.25) is 5.91 Å². The van der Waals surface area contributed by atoms with Gasteiger partial charge in [-0.05, 0) is 67.1 Å². The van der Waals surface area contributed by atoms with Gasteiger partial charge in [-0.1, -0.05) is 29.3 Å². The Balaban J connectivity index is 1.76. The van der Waals surface area contributed by atoms with Gasteiger partial charge in [0, 0.05) is 29.5 Å². The normalized spacial score (nSPS) is 11.0. The van der Waals surface area contributed by atoms with Gasteiger partial charge in [-0.25, -0.2) is 8.42 Å². The predicted octanol–water partition coefficient (Wildman–Crippen LogP) is 5.31. The molecule has 0 aromatic heterocycles. The van der Waals surface area contributed by atoms with Crippen molar-refractivity contribution in [3.05, 3.63) is 81.8 Å². The van der Waals surface area contributed by atoms with Gasteiger partial charge >= 0.3 is 0 Å². The molecule has 0 bridgehead atoms. The SMILES string of the molecule is CC(=O)Nc1ccc(NC(=O)c2cccc(NS(=O)(=O)c3ccc(Cl)c(Cl)c3)c2)cc1C. The van der Waals surface area contributed by atoms with Crippen LogP contribution in [0.5, 0.6) is 0 Å². The maximum atomic E-state index is 12.7. The minimum atomic E-state index is -3.93. The molecular weight excluding hydrogens is 473 g/mol. The fraction of sp³-hybridized carbons (Fsp3) is 0.0909. The molecule has 32 heavy (non-hydrogen) atoms. The first kappa shape index (κ1) is 23.6. The lowest BCUT2D eigenvalue weighted by Gasteiger charge is -2.12. The molecule has 0 aliphatic rings. The molecule has 0 spiro atoms. The van der Waals surface area contributed by atoms with Gasteiger partial charge in [-0.15, -0.1) is 0 Å². The number of anilines is 3. The zero-order valence-corrected chi connectivity index (χ0v) is 19.4. The number of benzene rings is 3. The van der Waals surface area contributed by atoms with Crippen molar-refractivity contribution < 1.29 is 18.0 Å². The molecule has 0 atom stereocenters. The molecule has 2 amide bonds. The van der Waals surface area contributed by atoms with E-state index in [1.54, 1.807) is 37.3 Å². The summed E-state index contributed by atoms with van der Waals surface area (Å²) in [7, 11) is -3.93. The number of sulfonamides is 1. The molecule has 0 aliphatic heterocycles. The number of hydrogen-bond donors (Lipinski definition) is 3. The molecule has 0 fully saturated rings. The van der Waals surface area contributed by atoms with Gasteiger partial charge in [-0.2, -0.15) is 0 Å². The van der Waals surface area contributed by atoms with Crippen LogP contribution in [0.1, 0.15) is 22.8 Å². The first-order valence-electron chi connectivity index (χ1n) is 9.33. The monoisotopic (exact) mass is 491 g/mol. The number of amides is 2. The van der Waals surface area contributed by atoms with Crippen molar-refractivity contribution in [1.29, 1.82) is 0 Å². The zero-order valence-electron chi connectivity index (χ0n) is 17.1. The van der Waals surface area contributed by atoms with Gasteiger partial charge < -0.3 is 10.6 Å². The average Bonchev–Trinajstić information content (AvgIpc) is 2.71. The molecule has 0 saturated heterocycles. The number of hydrogen-bond acceptors (Lipinski definition) is 4. The summed E-state index contributed by atoms with van der Waals surface area (Å²) < 4.78 is 27.7. The fourth-order valence-electron chi connectivity index (χ4n) is 2.86. The number of halogens is 2. The van der Waals surface area contributed by atoms with Gasteiger partial charge in [0.1, 0.15) is 0 Å². The molecule has 10 heteroatoms. The lowest BCUT2D eigenvalue weighted by Crippen LogP contribution is -2.15. The molecule has 0 unspecified atom stereocenters. The van der Waals surface area contributed by atoms with Crippen LogP contribution in [-0.4, -0.2) is 20.2 Å². The Morgan fingerprint density at radius 1 is 0.844 bits per heavy atom. The minimum Gasteiger partial charge on any atom is -0.326 e. The fourth-order valence-corrected chi connectivity index (χ4v) is 4.29. The third kappa shape index (κ3) is 5.79. The highest BCUT2D eigenvalue weighted by Gasteiger charge is 2.17. The number of carbonyl (C=O) groups is 2. The number of carbonyl (C=O) groups excluding carboxylic acids is 2. The Bertz CT molecular complexity index is 1310. The minimum absolute atomic E-state index is 0.0588. The van der Waals surface area contributed by atoms with E-state index in [0.717, 1.165) is 5.56 Å². The van der Waals surface area contributed by atoms with E-state index < -0.39 is 15.9 Å². The smallest absolute Gasteiger partial charge is 0.261 e. The van der Waals surface area contributed by atoms with E-state index in [-0.39, 0.29) is 32.1 Å². The van der Waals surface area contributed by atoms with Crippen LogP contribution in [0.4, 0.5) is 17.1 Å². The van der Waals surface area contributed by atoms with Crippen molar-refractivity contribution in [2.75, 3.05) is 15.4 Å². The van der Waals surface area contributed by atoms with E-state index >= 15 is 0 Å². The second kappa shape index (κ2) is 9.60. The van der Waals surface area contributed by atoms with E-state index in [1.807, 2.05) is 0 Å². The van der Waals surface area contributed by atoms with Crippen LogP contribution >= 0.6 is 23.2 Å². The summed E-state index contributed by atoms with van der Waals surface area (Å²) in [5.74, 6) is -0.614. The standard InChI is InChI=1S/C22H19Cl2N3O4S/c1-13-10-16(6-9-21(13)25-14(2)28)26-22(29)15-4-3-5-17(11-15)27-32(30,31)18-7-8-19(23)20(24)12-18/h3-12,27H,1-2H3,(H,25,28)(H,26,29). The summed E-state index contributed by atoms with van der Waals surface area (Å²) in [5.41, 5.74) is 2.42. The van der Waals surface area contributed by atoms with E-state index in [2.05, 4.69) is 15.4 Å². The van der Waals surface area contributed by atoms with Crippen LogP contribution in [0.25, 0.3) is 0 Å². The Morgan fingerprint density at radius 2 is 1.59 bits per heavy atom. The van der Waals surface area contributed by atoms with Crippen molar-refractivity contribution in [3.63, 3.8) is 0 Å². The Kier molecular flexibility index (Phi) is 7.08. The Hall–Kier alpha value is -3.07. The van der Waals surface area contributed by atoms with Gasteiger partial charge in [0.25, 0.3) is 15.9 Å². The summed E-state index contributed by atoms with van der Waals surface area (Å²) >= 11 is 11.8. The number of aryl methyl sites for hydroxylation is 1. The number of rotatable bonds is 6. The quantitative estimate of drug-likeness (QED) is 0.434. The van der Waals surface area contributed by atoms with Crippen LogP contribution in [0.3, 0.4) is 0 Å². The number of nitrogens with one attached hydrogen (secondary N) is 3. The summed E-state index contributed by atoms with van der Waals surface area (Å²) in [6.07, 6.45) is 0. The topological polar surface area (TPSA) is 104 Å². The maximum absolute atomic E-state index is 12.7. The lowest BCUT2D eigenvalue weighted by molar-refractivity contribution is -0.114. The lowest BCUT2D eigenvalue weighted by atomic mass is 10.1. The van der Waals surface area contributed by atoms with Crippen molar-refractivity contribution in [2.45, 2.75) is 18.7 Å². The first-order valence-corrected chi connectivity index (χ1v) is 11.6. The second-order valence-electron chi connectivity index (χ2n) is 6.93. The summed E-state index contributed by atoms with van der Waals surface area (Å²) in [6, 6.07) is 15.1. The zero-order chi connectivity index (χ0) is 23.5. The summed E-state index contributed by atoms with van der Waals surface area (Å²) in [6.45, 7) is 3.22. The molecule has 0 radical (unpaired) electrons. The first-order chi connectivity index (χ1) is 15.0. The average molecular weight is 492 g/mol. The molecule has 0 aliphatic carbocycles. The van der Waals surface area contributed by atoms with Crippen LogP contribution in [0.15, 0.2) is 65.6 Å². The van der Waals surface area contributed by atoms with Crippen molar-refractivity contribution in [3.8, 4) is 0 Å². The molecule has 3 N–H and O–H groups in total. The molecule has 7 nitrogen and oxygen atoms in total. The summed E-state index contributed by atoms with van der Waals surface area (Å²) in [4.78, 5) is 23.8. The molecule has 3 rings (SSSR count). The van der Waals surface area contributed by atoms with Crippen molar-refractivity contribution >= 4 is 62.1 Å². The third-order valence-electron chi connectivity index (χ3n) is 4.37. The van der Waals surface area contributed by atoms with Gasteiger partial charge in [0.05, 0.1) is 14.9 Å². The van der Waals surface area contributed by atoms with Crippen molar-refractivity contribution in [1.82, 2.24) is 0 Å². The molecule has 166 valence electrons. The van der Waals surface area contributed by atoms with E-state index in [9.17, 15) is 18.0 Å². The van der Waals surface area contributed by atoms with Gasteiger partial charge in [-0.3, -0.25) is 14.3 Å². The highest BCUT2D eigenvalue weighted by Crippen LogP contribution is 2.26. The highest BCUT2D eigenvalue weighted by atomic mass is 35.5. The molecule has 0 heterocycles. The molecule has 0 saturated carbocycles. The van der Waals surface area contributed by atoms with Crippen LogP contribution < -0.4 is 15.4 Å².